The molecule has 1 aromatic carbocycles. The molecule has 1 amide bonds. The van der Waals surface area contributed by atoms with Gasteiger partial charge in [-0.15, -0.1) is 0 Å². The molecule has 0 unspecified atom stereocenters. The summed E-state index contributed by atoms with van der Waals surface area (Å²) in [4.78, 5) is 11.9. The molecule has 3 rings (SSSR count). The molecule has 0 saturated carbocycles. The SMILES string of the molecule is O=C(CN[C@H]1CCO[C@@H]1c1ccc(F)c(F)c1)NCc1ccco1. The number of hydrogen-bond donors (Lipinski definition) is 2. The van der Waals surface area contributed by atoms with Gasteiger partial charge in [-0.05, 0) is 36.2 Å². The van der Waals surface area contributed by atoms with E-state index < -0.39 is 17.7 Å². The van der Waals surface area contributed by atoms with Gasteiger partial charge in [-0.2, -0.15) is 0 Å². The van der Waals surface area contributed by atoms with Crippen LogP contribution >= 0.6 is 0 Å². The minimum absolute atomic E-state index is 0.106. The molecule has 0 bridgehead atoms. The molecule has 2 N–H and O–H groups in total. The lowest BCUT2D eigenvalue weighted by Crippen LogP contribution is -2.40. The second-order valence-corrected chi connectivity index (χ2v) is 5.60. The first kappa shape index (κ1) is 16.6. The standard InChI is InChI=1S/C17H18F2N2O3/c18-13-4-3-11(8-14(13)19)17-15(5-7-24-17)20-10-16(22)21-9-12-2-1-6-23-12/h1-4,6,8,15,17,20H,5,7,9-10H2,(H,21,22)/t15-,17+/m0/s1. The quantitative estimate of drug-likeness (QED) is 0.850. The van der Waals surface area contributed by atoms with E-state index in [9.17, 15) is 13.6 Å². The zero-order valence-electron chi connectivity index (χ0n) is 12.9. The van der Waals surface area contributed by atoms with Gasteiger partial charge in [0.15, 0.2) is 11.6 Å². The molecule has 5 nitrogen and oxygen atoms in total. The molecule has 0 radical (unpaired) electrons. The summed E-state index contributed by atoms with van der Waals surface area (Å²) < 4.78 is 37.2. The van der Waals surface area contributed by atoms with Crippen LogP contribution in [0, 0.1) is 11.6 Å². The maximum absolute atomic E-state index is 13.4. The molecule has 1 aliphatic heterocycles. The third-order valence-electron chi connectivity index (χ3n) is 3.93. The van der Waals surface area contributed by atoms with Crippen molar-refractivity contribution in [3.63, 3.8) is 0 Å². The van der Waals surface area contributed by atoms with Crippen molar-refractivity contribution in [3.8, 4) is 0 Å². The Morgan fingerprint density at radius 1 is 1.25 bits per heavy atom. The van der Waals surface area contributed by atoms with Gasteiger partial charge in [0.25, 0.3) is 0 Å². The molecule has 128 valence electrons. The number of halogens is 2. The van der Waals surface area contributed by atoms with Crippen LogP contribution in [0.5, 0.6) is 0 Å². The Bertz CT molecular complexity index is 691. The highest BCUT2D eigenvalue weighted by atomic mass is 19.2. The van der Waals surface area contributed by atoms with Crippen molar-refractivity contribution < 1.29 is 22.7 Å². The average molecular weight is 336 g/mol. The first-order valence-electron chi connectivity index (χ1n) is 7.72. The summed E-state index contributed by atoms with van der Waals surface area (Å²) in [6.07, 6.45) is 1.83. The molecule has 1 aliphatic rings. The summed E-state index contributed by atoms with van der Waals surface area (Å²) in [7, 11) is 0. The van der Waals surface area contributed by atoms with Crippen LogP contribution in [0.15, 0.2) is 41.0 Å². The van der Waals surface area contributed by atoms with Crippen LogP contribution in [0.1, 0.15) is 23.8 Å². The Hall–Kier alpha value is -2.25. The number of ether oxygens (including phenoxy) is 1. The van der Waals surface area contributed by atoms with Gasteiger partial charge >= 0.3 is 0 Å². The molecular formula is C17H18F2N2O3. The maximum atomic E-state index is 13.4. The second-order valence-electron chi connectivity index (χ2n) is 5.60. The van der Waals surface area contributed by atoms with E-state index in [4.69, 9.17) is 9.15 Å². The van der Waals surface area contributed by atoms with Gasteiger partial charge in [0.1, 0.15) is 5.76 Å². The minimum Gasteiger partial charge on any atom is -0.467 e. The highest BCUT2D eigenvalue weighted by Gasteiger charge is 2.30. The van der Waals surface area contributed by atoms with Crippen molar-refractivity contribution in [3.05, 3.63) is 59.6 Å². The van der Waals surface area contributed by atoms with Gasteiger partial charge in [-0.3, -0.25) is 4.79 Å². The third-order valence-corrected chi connectivity index (χ3v) is 3.93. The molecule has 7 heteroatoms. The Balaban J connectivity index is 1.52. The van der Waals surface area contributed by atoms with Crippen molar-refractivity contribution in [2.75, 3.05) is 13.2 Å². The lowest BCUT2D eigenvalue weighted by Gasteiger charge is -2.20. The Morgan fingerprint density at radius 2 is 2.12 bits per heavy atom. The third kappa shape index (κ3) is 3.98. The molecule has 1 aromatic heterocycles. The lowest BCUT2D eigenvalue weighted by molar-refractivity contribution is -0.120. The first-order chi connectivity index (χ1) is 11.6. The van der Waals surface area contributed by atoms with E-state index in [-0.39, 0.29) is 18.5 Å². The van der Waals surface area contributed by atoms with Gasteiger partial charge in [-0.25, -0.2) is 8.78 Å². The Kier molecular flexibility index (Phi) is 5.22. The molecule has 1 saturated heterocycles. The van der Waals surface area contributed by atoms with Crippen molar-refractivity contribution in [2.45, 2.75) is 25.1 Å². The number of carbonyl (C=O) groups excluding carboxylic acids is 1. The molecular weight excluding hydrogens is 318 g/mol. The monoisotopic (exact) mass is 336 g/mol. The smallest absolute Gasteiger partial charge is 0.234 e. The highest BCUT2D eigenvalue weighted by molar-refractivity contribution is 5.77. The molecule has 2 heterocycles. The summed E-state index contributed by atoms with van der Waals surface area (Å²) in [5.41, 5.74) is 0.555. The number of amides is 1. The summed E-state index contributed by atoms with van der Waals surface area (Å²) in [6.45, 7) is 0.922. The predicted molar refractivity (Wildman–Crippen MR) is 82.0 cm³/mol. The first-order valence-corrected chi connectivity index (χ1v) is 7.72. The van der Waals surface area contributed by atoms with Crippen LogP contribution in [0.4, 0.5) is 8.78 Å². The molecule has 2 atom stereocenters. The van der Waals surface area contributed by atoms with Gasteiger partial charge < -0.3 is 19.8 Å². The van der Waals surface area contributed by atoms with Crippen molar-refractivity contribution in [1.29, 1.82) is 0 Å². The van der Waals surface area contributed by atoms with Gasteiger partial charge in [0.05, 0.1) is 25.5 Å². The van der Waals surface area contributed by atoms with Crippen LogP contribution in [0.25, 0.3) is 0 Å². The predicted octanol–water partition coefficient (Wildman–Crippen LogP) is 2.29. The van der Waals surface area contributed by atoms with Crippen LogP contribution < -0.4 is 10.6 Å². The second kappa shape index (κ2) is 7.55. The number of furan rings is 1. The van der Waals surface area contributed by atoms with E-state index in [1.807, 2.05) is 0 Å². The normalized spacial score (nSPS) is 20.2. The van der Waals surface area contributed by atoms with Crippen molar-refractivity contribution in [2.24, 2.45) is 0 Å². The van der Waals surface area contributed by atoms with Crippen LogP contribution in [-0.4, -0.2) is 25.1 Å². The zero-order chi connectivity index (χ0) is 16.9. The summed E-state index contributed by atoms with van der Waals surface area (Å²) in [6, 6.07) is 7.11. The lowest BCUT2D eigenvalue weighted by atomic mass is 10.0. The van der Waals surface area contributed by atoms with E-state index in [0.717, 1.165) is 12.1 Å². The fraction of sp³-hybridized carbons (Fsp3) is 0.353. The number of hydrogen-bond acceptors (Lipinski definition) is 4. The van der Waals surface area contributed by atoms with Gasteiger partial charge in [0.2, 0.25) is 5.91 Å². The summed E-state index contributed by atoms with van der Waals surface area (Å²) >= 11 is 0. The molecule has 2 aromatic rings. The molecule has 0 aliphatic carbocycles. The van der Waals surface area contributed by atoms with Gasteiger partial charge in [-0.1, -0.05) is 6.07 Å². The number of nitrogens with one attached hydrogen (secondary N) is 2. The van der Waals surface area contributed by atoms with E-state index in [0.29, 0.717) is 30.9 Å². The van der Waals surface area contributed by atoms with Crippen LogP contribution in [0.3, 0.4) is 0 Å². The molecule has 0 spiro atoms. The number of rotatable bonds is 6. The largest absolute Gasteiger partial charge is 0.467 e. The minimum atomic E-state index is -0.905. The number of carbonyl (C=O) groups is 1. The average Bonchev–Trinajstić information content (AvgIpc) is 3.25. The molecule has 1 fully saturated rings. The Morgan fingerprint density at radius 3 is 2.88 bits per heavy atom. The maximum Gasteiger partial charge on any atom is 0.234 e. The topological polar surface area (TPSA) is 63.5 Å². The van der Waals surface area contributed by atoms with Crippen molar-refractivity contribution in [1.82, 2.24) is 10.6 Å². The van der Waals surface area contributed by atoms with Crippen molar-refractivity contribution >= 4 is 5.91 Å². The fourth-order valence-electron chi connectivity index (χ4n) is 2.70. The highest BCUT2D eigenvalue weighted by Crippen LogP contribution is 2.29. The van der Waals surface area contributed by atoms with Crippen LogP contribution in [-0.2, 0) is 16.1 Å². The van der Waals surface area contributed by atoms with E-state index in [1.54, 1.807) is 18.4 Å². The molecule has 24 heavy (non-hydrogen) atoms. The van der Waals surface area contributed by atoms with E-state index in [1.165, 1.54) is 6.07 Å². The summed E-state index contributed by atoms with van der Waals surface area (Å²) in [5.74, 6) is -1.30. The van der Waals surface area contributed by atoms with E-state index in [2.05, 4.69) is 10.6 Å². The summed E-state index contributed by atoms with van der Waals surface area (Å²) in [5, 5.41) is 5.84. The Labute approximate surface area is 138 Å². The van der Waals surface area contributed by atoms with Gasteiger partial charge in [0, 0.05) is 12.6 Å². The fourth-order valence-corrected chi connectivity index (χ4v) is 2.70. The van der Waals surface area contributed by atoms with E-state index >= 15 is 0 Å². The zero-order valence-corrected chi connectivity index (χ0v) is 12.9. The van der Waals surface area contributed by atoms with Crippen LogP contribution in [0.2, 0.25) is 0 Å². The number of benzene rings is 1.